The zero-order valence-electron chi connectivity index (χ0n) is 11.5. The molecule has 2 aliphatic heterocycles. The van der Waals surface area contributed by atoms with Gasteiger partial charge >= 0.3 is 0 Å². The van der Waals surface area contributed by atoms with Gasteiger partial charge in [-0.05, 0) is 41.5 Å². The number of hydrogen-bond acceptors (Lipinski definition) is 3. The number of ether oxygens (including phenoxy) is 2. The molecule has 2 aliphatic rings. The van der Waals surface area contributed by atoms with E-state index in [1.807, 2.05) is 36.4 Å². The van der Waals surface area contributed by atoms with E-state index >= 15 is 0 Å². The summed E-state index contributed by atoms with van der Waals surface area (Å²) in [5.74, 6) is 1.67. The van der Waals surface area contributed by atoms with Gasteiger partial charge in [-0.2, -0.15) is 0 Å². The molecule has 0 fully saturated rings. The van der Waals surface area contributed by atoms with Crippen molar-refractivity contribution in [1.82, 2.24) is 0 Å². The molecule has 3 nitrogen and oxygen atoms in total. The van der Waals surface area contributed by atoms with Crippen LogP contribution in [0.3, 0.4) is 0 Å². The van der Waals surface area contributed by atoms with E-state index in [-0.39, 0.29) is 5.78 Å². The van der Waals surface area contributed by atoms with Crippen molar-refractivity contribution in [2.75, 3.05) is 13.2 Å². The first kappa shape index (κ1) is 12.2. The van der Waals surface area contributed by atoms with Gasteiger partial charge < -0.3 is 9.47 Å². The van der Waals surface area contributed by atoms with E-state index in [2.05, 4.69) is 6.07 Å². The Morgan fingerprint density at radius 2 is 1.90 bits per heavy atom. The smallest absolute Gasteiger partial charge is 0.196 e. The number of hydrogen-bond donors (Lipinski definition) is 0. The summed E-state index contributed by atoms with van der Waals surface area (Å²) in [6.45, 7) is 1.06. The van der Waals surface area contributed by atoms with Crippen LogP contribution in [0.5, 0.6) is 11.5 Å². The summed E-state index contributed by atoms with van der Waals surface area (Å²) >= 11 is 0. The minimum Gasteiger partial charge on any atom is -0.493 e. The molecule has 0 aromatic heterocycles. The molecular formula is C18H14O3. The number of carbonyl (C=O) groups is 1. The van der Waals surface area contributed by atoms with Gasteiger partial charge in [0, 0.05) is 12.0 Å². The SMILES string of the molecule is O=C1C(=Cc2ccc3c(c2)CCO3)COc2ccccc21. The summed E-state index contributed by atoms with van der Waals surface area (Å²) in [6.07, 6.45) is 2.84. The zero-order valence-corrected chi connectivity index (χ0v) is 11.5. The number of ketones is 1. The molecule has 0 N–H and O–H groups in total. The number of rotatable bonds is 1. The third-order valence-electron chi connectivity index (χ3n) is 3.86. The van der Waals surface area contributed by atoms with Gasteiger partial charge in [-0.1, -0.05) is 18.2 Å². The van der Waals surface area contributed by atoms with Gasteiger partial charge in [0.15, 0.2) is 5.78 Å². The molecule has 0 bridgehead atoms. The Labute approximate surface area is 122 Å². The van der Waals surface area contributed by atoms with E-state index < -0.39 is 0 Å². The molecule has 21 heavy (non-hydrogen) atoms. The number of fused-ring (bicyclic) bond motifs is 2. The summed E-state index contributed by atoms with van der Waals surface area (Å²) < 4.78 is 11.2. The molecule has 2 heterocycles. The van der Waals surface area contributed by atoms with Crippen LogP contribution in [-0.4, -0.2) is 19.0 Å². The van der Waals surface area contributed by atoms with Gasteiger partial charge in [0.25, 0.3) is 0 Å². The molecule has 0 aliphatic carbocycles. The van der Waals surface area contributed by atoms with Gasteiger partial charge in [0.05, 0.1) is 12.2 Å². The first-order valence-corrected chi connectivity index (χ1v) is 7.04. The Morgan fingerprint density at radius 1 is 1.00 bits per heavy atom. The normalized spacial score (nSPS) is 17.9. The van der Waals surface area contributed by atoms with E-state index in [0.717, 1.165) is 24.3 Å². The van der Waals surface area contributed by atoms with E-state index in [1.165, 1.54) is 5.56 Å². The highest BCUT2D eigenvalue weighted by Crippen LogP contribution is 2.30. The molecule has 104 valence electrons. The third-order valence-corrected chi connectivity index (χ3v) is 3.86. The summed E-state index contributed by atoms with van der Waals surface area (Å²) in [5, 5.41) is 0. The summed E-state index contributed by atoms with van der Waals surface area (Å²) in [7, 11) is 0. The Bertz CT molecular complexity index is 759. The molecule has 0 amide bonds. The van der Waals surface area contributed by atoms with Crippen molar-refractivity contribution in [3.8, 4) is 11.5 Å². The topological polar surface area (TPSA) is 35.5 Å². The Kier molecular flexibility index (Phi) is 2.78. The fourth-order valence-electron chi connectivity index (χ4n) is 2.78. The molecule has 3 heteroatoms. The Hall–Kier alpha value is -2.55. The van der Waals surface area contributed by atoms with Crippen LogP contribution in [0, 0.1) is 0 Å². The van der Waals surface area contributed by atoms with Crippen molar-refractivity contribution >= 4 is 11.9 Å². The minimum absolute atomic E-state index is 0.0496. The zero-order chi connectivity index (χ0) is 14.2. The summed E-state index contributed by atoms with van der Waals surface area (Å²) in [4.78, 5) is 12.5. The molecule has 0 atom stereocenters. The fourth-order valence-corrected chi connectivity index (χ4v) is 2.78. The van der Waals surface area contributed by atoms with Gasteiger partial charge in [-0.3, -0.25) is 4.79 Å². The van der Waals surface area contributed by atoms with Gasteiger partial charge in [0.2, 0.25) is 0 Å². The third kappa shape index (κ3) is 2.11. The molecule has 0 saturated carbocycles. The Morgan fingerprint density at radius 3 is 2.86 bits per heavy atom. The molecule has 0 unspecified atom stereocenters. The molecule has 4 rings (SSSR count). The maximum Gasteiger partial charge on any atom is 0.196 e. The lowest BCUT2D eigenvalue weighted by molar-refractivity contribution is 0.100. The minimum atomic E-state index is 0.0496. The lowest BCUT2D eigenvalue weighted by Gasteiger charge is -2.18. The second-order valence-electron chi connectivity index (χ2n) is 5.25. The van der Waals surface area contributed by atoms with Gasteiger partial charge in [0.1, 0.15) is 18.1 Å². The van der Waals surface area contributed by atoms with E-state index in [4.69, 9.17) is 9.47 Å². The van der Waals surface area contributed by atoms with Gasteiger partial charge in [-0.15, -0.1) is 0 Å². The second-order valence-corrected chi connectivity index (χ2v) is 5.25. The molecule has 2 aromatic rings. The molecule has 0 saturated heterocycles. The first-order chi connectivity index (χ1) is 10.3. The van der Waals surface area contributed by atoms with Crippen LogP contribution in [0.4, 0.5) is 0 Å². The predicted octanol–water partition coefficient (Wildman–Crippen LogP) is 3.28. The van der Waals surface area contributed by atoms with Crippen LogP contribution >= 0.6 is 0 Å². The van der Waals surface area contributed by atoms with Crippen LogP contribution < -0.4 is 9.47 Å². The Balaban J connectivity index is 1.69. The maximum atomic E-state index is 12.5. The molecule has 2 aromatic carbocycles. The number of carbonyl (C=O) groups excluding carboxylic acids is 1. The molecular weight excluding hydrogens is 264 g/mol. The van der Waals surface area contributed by atoms with E-state index in [9.17, 15) is 4.79 Å². The average Bonchev–Trinajstić information content (AvgIpc) is 2.98. The number of Topliss-reactive ketones (excluding diaryl/α,β-unsaturated/α-hetero) is 1. The first-order valence-electron chi connectivity index (χ1n) is 7.04. The van der Waals surface area contributed by atoms with Crippen LogP contribution in [0.15, 0.2) is 48.0 Å². The monoisotopic (exact) mass is 278 g/mol. The highest BCUT2D eigenvalue weighted by atomic mass is 16.5. The lowest BCUT2D eigenvalue weighted by atomic mass is 9.98. The van der Waals surface area contributed by atoms with E-state index in [0.29, 0.717) is 23.5 Å². The summed E-state index contributed by atoms with van der Waals surface area (Å²) in [5.41, 5.74) is 3.55. The molecule has 0 spiro atoms. The van der Waals surface area contributed by atoms with Crippen molar-refractivity contribution in [2.24, 2.45) is 0 Å². The average molecular weight is 278 g/mol. The second kappa shape index (κ2) is 4.77. The van der Waals surface area contributed by atoms with Gasteiger partial charge in [-0.25, -0.2) is 0 Å². The molecule has 0 radical (unpaired) electrons. The largest absolute Gasteiger partial charge is 0.493 e. The highest BCUT2D eigenvalue weighted by molar-refractivity contribution is 6.14. The van der Waals surface area contributed by atoms with Crippen LogP contribution in [-0.2, 0) is 6.42 Å². The van der Waals surface area contributed by atoms with Crippen molar-refractivity contribution in [2.45, 2.75) is 6.42 Å². The maximum absolute atomic E-state index is 12.5. The standard InChI is InChI=1S/C18H14O3/c19-18-14(11-21-17-4-2-1-3-15(17)18)10-12-5-6-16-13(9-12)7-8-20-16/h1-6,9-10H,7-8,11H2. The fraction of sp³-hybridized carbons (Fsp3) is 0.167. The van der Waals surface area contributed by atoms with Crippen molar-refractivity contribution in [3.63, 3.8) is 0 Å². The van der Waals surface area contributed by atoms with Crippen LogP contribution in [0.1, 0.15) is 21.5 Å². The van der Waals surface area contributed by atoms with Crippen LogP contribution in [0.25, 0.3) is 6.08 Å². The lowest BCUT2D eigenvalue weighted by Crippen LogP contribution is -2.18. The van der Waals surface area contributed by atoms with Crippen molar-refractivity contribution in [1.29, 1.82) is 0 Å². The van der Waals surface area contributed by atoms with Crippen LogP contribution in [0.2, 0.25) is 0 Å². The predicted molar refractivity (Wildman–Crippen MR) is 79.9 cm³/mol. The number of benzene rings is 2. The van der Waals surface area contributed by atoms with Crippen molar-refractivity contribution < 1.29 is 14.3 Å². The summed E-state index contributed by atoms with van der Waals surface area (Å²) in [6, 6.07) is 13.4. The quantitative estimate of drug-likeness (QED) is 0.751. The van der Waals surface area contributed by atoms with E-state index in [1.54, 1.807) is 6.07 Å². The van der Waals surface area contributed by atoms with Crippen molar-refractivity contribution in [3.05, 3.63) is 64.7 Å². The number of para-hydroxylation sites is 1. The highest BCUT2D eigenvalue weighted by Gasteiger charge is 2.22.